The van der Waals surface area contributed by atoms with Crippen LogP contribution in [0.3, 0.4) is 0 Å². The van der Waals surface area contributed by atoms with E-state index >= 15 is 0 Å². The van der Waals surface area contributed by atoms with Crippen LogP contribution in [-0.4, -0.2) is 111 Å². The SMILES string of the molecule is COC(=O)N[C@H](C(=O)N1[C@@H](C)CC[C@H]1c1nc2ccc3cc4c(cc3c2[nH]1)COc1cc(-c2cnc([C@@H]3C[C@H](C)CN3C(=O)[C@@H](NC(O)OC)[C@@H](C)OC)[nH]2)ccc1-4)C(C)C. The molecule has 8 atom stereocenters. The Bertz CT molecular complexity index is 2450. The number of ether oxygens (including phenoxy) is 4. The van der Waals surface area contributed by atoms with Crippen LogP contribution in [0, 0.1) is 11.8 Å². The molecular weight excluding hydrogens is 781 g/mol. The number of aliphatic hydroxyl groups excluding tert-OH is 1. The normalized spacial score (nSPS) is 21.9. The van der Waals surface area contributed by atoms with Crippen LogP contribution in [0.25, 0.3) is 44.2 Å². The quantitative estimate of drug-likeness (QED) is 0.0936. The fourth-order valence-corrected chi connectivity index (χ4v) is 9.26. The van der Waals surface area contributed by atoms with Crippen LogP contribution in [0.4, 0.5) is 4.79 Å². The van der Waals surface area contributed by atoms with Gasteiger partial charge < -0.3 is 49.1 Å². The van der Waals surface area contributed by atoms with E-state index in [1.807, 2.05) is 37.8 Å². The number of alkyl carbamates (subject to hydrolysis) is 1. The smallest absolute Gasteiger partial charge is 0.407 e. The molecule has 3 aliphatic rings. The number of rotatable bonds is 12. The average molecular weight is 837 g/mol. The molecule has 0 radical (unpaired) electrons. The van der Waals surface area contributed by atoms with Gasteiger partial charge in [0, 0.05) is 43.3 Å². The third-order valence-corrected chi connectivity index (χ3v) is 12.7. The number of amides is 3. The van der Waals surface area contributed by atoms with E-state index in [2.05, 4.69) is 57.9 Å². The maximum atomic E-state index is 14.0. The number of fused-ring (bicyclic) bond motifs is 6. The van der Waals surface area contributed by atoms with Crippen molar-refractivity contribution in [1.29, 1.82) is 0 Å². The lowest BCUT2D eigenvalue weighted by molar-refractivity contribution is -0.149. The number of imidazole rings is 2. The van der Waals surface area contributed by atoms with Crippen LogP contribution in [0.5, 0.6) is 5.75 Å². The van der Waals surface area contributed by atoms with E-state index in [9.17, 15) is 19.5 Å². The zero-order chi connectivity index (χ0) is 43.3. The summed E-state index contributed by atoms with van der Waals surface area (Å²) in [5.41, 5.74) is 6.55. The summed E-state index contributed by atoms with van der Waals surface area (Å²) < 4.78 is 21.7. The Morgan fingerprint density at radius 3 is 2.46 bits per heavy atom. The van der Waals surface area contributed by atoms with Crippen LogP contribution in [0.1, 0.15) is 83.2 Å². The number of carbonyl (C=O) groups excluding carboxylic acids is 3. The summed E-state index contributed by atoms with van der Waals surface area (Å²) in [6.07, 6.45) is 1.63. The van der Waals surface area contributed by atoms with Crippen molar-refractivity contribution in [2.45, 2.75) is 103 Å². The van der Waals surface area contributed by atoms with E-state index < -0.39 is 30.7 Å². The standard InChI is InChI=1S/C45H56N8O8/c1-22(2)37(50-44(56)59-7)43(55)53-24(4)9-14-34(53)41-47-32-13-11-26-16-30-28(17-31(26)39(32)49-41)21-61-36-18-27(10-12-29(30)36)33-19-46-40(48-33)35-15-23(3)20-52(35)42(54)38(25(5)58-6)51-45(57)60-8/h10-13,16-19,22-25,34-35,37-38,45,51,57H,9,14-15,20-21H2,1-8H3,(H,46,48)(H,47,49)(H,50,56)/t23-,24-,25+,34-,35-,37-,38-,45?/m0/s1. The Morgan fingerprint density at radius 2 is 1.72 bits per heavy atom. The summed E-state index contributed by atoms with van der Waals surface area (Å²) in [6.45, 7) is 10.7. The second-order valence-electron chi connectivity index (χ2n) is 17.1. The largest absolute Gasteiger partial charge is 0.488 e. The van der Waals surface area contributed by atoms with Crippen molar-refractivity contribution in [3.8, 4) is 28.1 Å². The zero-order valence-electron chi connectivity index (χ0n) is 35.9. The van der Waals surface area contributed by atoms with Gasteiger partial charge in [0.15, 0.2) is 0 Å². The number of nitrogens with zero attached hydrogens (tertiary/aromatic N) is 4. The molecule has 5 heterocycles. The first-order valence-corrected chi connectivity index (χ1v) is 21.0. The van der Waals surface area contributed by atoms with Crippen molar-refractivity contribution in [3.63, 3.8) is 0 Å². The Hall–Kier alpha value is -5.55. The van der Waals surface area contributed by atoms with Crippen molar-refractivity contribution in [2.75, 3.05) is 27.9 Å². The maximum Gasteiger partial charge on any atom is 0.407 e. The zero-order valence-corrected chi connectivity index (χ0v) is 35.9. The van der Waals surface area contributed by atoms with Crippen LogP contribution >= 0.6 is 0 Å². The highest BCUT2D eigenvalue weighted by Gasteiger charge is 2.43. The average Bonchev–Trinajstić information content (AvgIpc) is 4.08. The van der Waals surface area contributed by atoms with Crippen molar-refractivity contribution in [1.82, 2.24) is 40.4 Å². The minimum absolute atomic E-state index is 0.0236. The van der Waals surface area contributed by atoms with Gasteiger partial charge in [-0.05, 0) is 91.8 Å². The lowest BCUT2D eigenvalue weighted by Crippen LogP contribution is -2.55. The molecule has 5 N–H and O–H groups in total. The molecular formula is C45H56N8O8. The molecule has 8 rings (SSSR count). The molecule has 2 aromatic heterocycles. The molecule has 0 saturated carbocycles. The molecule has 3 aromatic carbocycles. The fourth-order valence-electron chi connectivity index (χ4n) is 9.26. The van der Waals surface area contributed by atoms with E-state index in [0.29, 0.717) is 19.0 Å². The Balaban J connectivity index is 1.04. The second kappa shape index (κ2) is 17.1. The highest BCUT2D eigenvalue weighted by atomic mass is 16.6. The maximum absolute atomic E-state index is 14.0. The van der Waals surface area contributed by atoms with Gasteiger partial charge in [0.2, 0.25) is 18.2 Å². The lowest BCUT2D eigenvalue weighted by Gasteiger charge is -2.32. The highest BCUT2D eigenvalue weighted by Crippen LogP contribution is 2.44. The number of nitrogens with one attached hydrogen (secondary N) is 4. The van der Waals surface area contributed by atoms with Gasteiger partial charge in [0.1, 0.15) is 36.1 Å². The summed E-state index contributed by atoms with van der Waals surface area (Å²) in [4.78, 5) is 60.6. The number of carbonyl (C=O) groups is 3. The monoisotopic (exact) mass is 836 g/mol. The third-order valence-electron chi connectivity index (χ3n) is 12.7. The Kier molecular flexibility index (Phi) is 11.8. The summed E-state index contributed by atoms with van der Waals surface area (Å²) >= 11 is 0. The van der Waals surface area contributed by atoms with Gasteiger partial charge in [-0.2, -0.15) is 0 Å². The highest BCUT2D eigenvalue weighted by molar-refractivity contribution is 6.06. The van der Waals surface area contributed by atoms with Crippen molar-refractivity contribution >= 4 is 39.7 Å². The van der Waals surface area contributed by atoms with E-state index in [4.69, 9.17) is 28.9 Å². The number of hydrogen-bond donors (Lipinski definition) is 5. The van der Waals surface area contributed by atoms with E-state index in [-0.39, 0.29) is 41.8 Å². The first kappa shape index (κ1) is 42.2. The van der Waals surface area contributed by atoms with Crippen LogP contribution in [-0.2, 0) is 30.4 Å². The van der Waals surface area contributed by atoms with Gasteiger partial charge >= 0.3 is 6.09 Å². The van der Waals surface area contributed by atoms with E-state index in [1.165, 1.54) is 21.3 Å². The molecule has 2 fully saturated rings. The molecule has 61 heavy (non-hydrogen) atoms. The van der Waals surface area contributed by atoms with Crippen molar-refractivity contribution < 1.29 is 38.4 Å². The number of aliphatic hydroxyl groups is 1. The number of benzene rings is 3. The molecule has 0 spiro atoms. The number of likely N-dealkylation sites (tertiary alicyclic amines) is 2. The lowest BCUT2D eigenvalue weighted by atomic mass is 9.92. The van der Waals surface area contributed by atoms with Gasteiger partial charge in [0.25, 0.3) is 0 Å². The molecule has 2 saturated heterocycles. The fraction of sp³-hybridized carbons (Fsp3) is 0.489. The van der Waals surface area contributed by atoms with Crippen molar-refractivity contribution in [3.05, 3.63) is 65.9 Å². The Morgan fingerprint density at radius 1 is 0.918 bits per heavy atom. The predicted octanol–water partition coefficient (Wildman–Crippen LogP) is 5.92. The van der Waals surface area contributed by atoms with Gasteiger partial charge in [-0.1, -0.05) is 32.9 Å². The summed E-state index contributed by atoms with van der Waals surface area (Å²) in [7, 11) is 4.18. The molecule has 16 heteroatoms. The predicted molar refractivity (Wildman–Crippen MR) is 228 cm³/mol. The number of methoxy groups -OCH3 is 3. The van der Waals surface area contributed by atoms with E-state index in [0.717, 1.165) is 80.6 Å². The summed E-state index contributed by atoms with van der Waals surface area (Å²) in [6, 6.07) is 12.5. The van der Waals surface area contributed by atoms with Crippen LogP contribution in [0.2, 0.25) is 0 Å². The van der Waals surface area contributed by atoms with Crippen LogP contribution < -0.4 is 15.4 Å². The minimum atomic E-state index is -1.32. The van der Waals surface area contributed by atoms with Gasteiger partial charge in [0.05, 0.1) is 48.2 Å². The number of hydrogen-bond acceptors (Lipinski definition) is 11. The molecule has 324 valence electrons. The second-order valence-corrected chi connectivity index (χ2v) is 17.1. The molecule has 3 amide bonds. The molecule has 16 nitrogen and oxygen atoms in total. The molecule has 5 aromatic rings. The molecule has 0 aliphatic carbocycles. The van der Waals surface area contributed by atoms with Crippen molar-refractivity contribution in [2.24, 2.45) is 11.8 Å². The first-order chi connectivity index (χ1) is 29.3. The molecule has 3 aliphatic heterocycles. The third kappa shape index (κ3) is 7.93. The number of H-pyrrole nitrogens is 2. The van der Waals surface area contributed by atoms with E-state index in [1.54, 1.807) is 18.0 Å². The van der Waals surface area contributed by atoms with Gasteiger partial charge in [-0.15, -0.1) is 0 Å². The number of aromatic amines is 2. The molecule has 0 bridgehead atoms. The Labute approximate surface area is 354 Å². The first-order valence-electron chi connectivity index (χ1n) is 21.0. The number of aromatic nitrogens is 4. The summed E-state index contributed by atoms with van der Waals surface area (Å²) in [5, 5.41) is 17.8. The van der Waals surface area contributed by atoms with Gasteiger partial charge in [-0.25, -0.2) is 14.8 Å². The molecule has 1 unspecified atom stereocenters. The topological polar surface area (TPSA) is 196 Å². The minimum Gasteiger partial charge on any atom is -0.488 e. The van der Waals surface area contributed by atoms with Crippen LogP contribution in [0.15, 0.2) is 48.7 Å². The summed E-state index contributed by atoms with van der Waals surface area (Å²) in [5.74, 6) is 1.93. The van der Waals surface area contributed by atoms with Gasteiger partial charge in [-0.3, -0.25) is 14.9 Å².